The average Bonchev–Trinajstić information content (AvgIpc) is 2.97. The van der Waals surface area contributed by atoms with Gasteiger partial charge in [0, 0.05) is 18.7 Å². The maximum absolute atomic E-state index is 12.6. The second-order valence-electron chi connectivity index (χ2n) is 11.2. The van der Waals surface area contributed by atoms with E-state index in [-0.39, 0.29) is 24.5 Å². The summed E-state index contributed by atoms with van der Waals surface area (Å²) in [5.41, 5.74) is 1.81. The van der Waals surface area contributed by atoms with Gasteiger partial charge in [-0.3, -0.25) is 14.3 Å². The lowest BCUT2D eigenvalue weighted by atomic mass is 10.0. The SMILES string of the molecule is CCCCCCCC/C=C\CCCCCCCC(=O)N[C@@H](CCP(=O)(O)O)Cc1ccc(OCc2ccccn2)cc1. The number of benzene rings is 1. The number of aromatic nitrogens is 1. The molecule has 7 nitrogen and oxygen atoms in total. The molecule has 234 valence electrons. The normalized spacial score (nSPS) is 12.5. The zero-order valence-electron chi connectivity index (χ0n) is 25.6. The number of hydrogen-bond acceptors (Lipinski definition) is 4. The molecule has 0 saturated heterocycles. The number of allylic oxidation sites excluding steroid dienone is 2. The van der Waals surface area contributed by atoms with Gasteiger partial charge in [0.15, 0.2) is 0 Å². The van der Waals surface area contributed by atoms with Gasteiger partial charge in [-0.2, -0.15) is 0 Å². The second-order valence-corrected chi connectivity index (χ2v) is 13.0. The number of carbonyl (C=O) groups is 1. The molecule has 1 aromatic heterocycles. The van der Waals surface area contributed by atoms with E-state index >= 15 is 0 Å². The highest BCUT2D eigenvalue weighted by atomic mass is 31.2. The monoisotopic (exact) mass is 600 g/mol. The first-order valence-corrected chi connectivity index (χ1v) is 17.8. The molecule has 0 aliphatic carbocycles. The highest BCUT2D eigenvalue weighted by Crippen LogP contribution is 2.35. The molecule has 0 saturated carbocycles. The van der Waals surface area contributed by atoms with Gasteiger partial charge < -0.3 is 19.8 Å². The maximum Gasteiger partial charge on any atom is 0.325 e. The first kappa shape index (κ1) is 35.7. The standard InChI is InChI=1S/C34H53N2O5P/c1-2-3-4-5-6-7-8-9-10-11-12-13-14-15-16-20-34(37)36-31(25-27-42(38,39)40)28-30-21-23-33(24-22-30)41-29-32-19-17-18-26-35-32/h9-10,17-19,21-24,26,31H,2-8,11-16,20,25,27-29H2,1H3,(H,36,37)(H2,38,39,40)/b10-9-/t31-/m0/s1. The molecular weight excluding hydrogens is 547 g/mol. The molecule has 1 atom stereocenters. The van der Waals surface area contributed by atoms with Crippen LogP contribution in [0.1, 0.15) is 114 Å². The molecule has 0 unspecified atom stereocenters. The number of nitrogens with one attached hydrogen (secondary N) is 1. The Morgan fingerprint density at radius 3 is 2.17 bits per heavy atom. The van der Waals surface area contributed by atoms with Crippen LogP contribution in [0.4, 0.5) is 0 Å². The van der Waals surface area contributed by atoms with Crippen LogP contribution in [0, 0.1) is 0 Å². The molecule has 0 aliphatic rings. The summed E-state index contributed by atoms with van der Waals surface area (Å²) in [6.07, 6.45) is 23.0. The van der Waals surface area contributed by atoms with Gasteiger partial charge in [0.2, 0.25) is 5.91 Å². The van der Waals surface area contributed by atoms with Crippen LogP contribution in [0.5, 0.6) is 5.75 Å². The number of hydrogen-bond donors (Lipinski definition) is 3. The van der Waals surface area contributed by atoms with E-state index < -0.39 is 7.60 Å². The molecule has 8 heteroatoms. The average molecular weight is 601 g/mol. The van der Waals surface area contributed by atoms with Crippen molar-refractivity contribution in [3.05, 3.63) is 72.1 Å². The van der Waals surface area contributed by atoms with Crippen LogP contribution in [0.25, 0.3) is 0 Å². The summed E-state index contributed by atoms with van der Waals surface area (Å²) in [4.78, 5) is 35.6. The first-order valence-electron chi connectivity index (χ1n) is 16.0. The lowest BCUT2D eigenvalue weighted by Crippen LogP contribution is -2.37. The van der Waals surface area contributed by atoms with Gasteiger partial charge in [0.25, 0.3) is 0 Å². The fraction of sp³-hybridized carbons (Fsp3) is 0.588. The molecule has 0 bridgehead atoms. The van der Waals surface area contributed by atoms with Crippen molar-refractivity contribution in [3.8, 4) is 5.75 Å². The zero-order chi connectivity index (χ0) is 30.3. The van der Waals surface area contributed by atoms with Gasteiger partial charge in [-0.05, 0) is 74.8 Å². The molecule has 2 aromatic rings. The summed E-state index contributed by atoms with van der Waals surface area (Å²) in [5.74, 6) is 0.656. The third kappa shape index (κ3) is 18.9. The maximum atomic E-state index is 12.6. The fourth-order valence-corrected chi connectivity index (χ4v) is 5.50. The number of pyridine rings is 1. The molecule has 0 aliphatic heterocycles. The van der Waals surface area contributed by atoms with E-state index in [4.69, 9.17) is 4.74 Å². The third-order valence-corrected chi connectivity index (χ3v) is 8.16. The summed E-state index contributed by atoms with van der Waals surface area (Å²) >= 11 is 0. The Morgan fingerprint density at radius 1 is 0.905 bits per heavy atom. The molecule has 1 aromatic carbocycles. The van der Waals surface area contributed by atoms with Crippen LogP contribution < -0.4 is 10.1 Å². The Kier molecular flexibility index (Phi) is 18.8. The number of nitrogens with zero attached hydrogens (tertiary/aromatic N) is 1. The minimum Gasteiger partial charge on any atom is -0.487 e. The number of amides is 1. The van der Waals surface area contributed by atoms with Gasteiger partial charge >= 0.3 is 7.60 Å². The van der Waals surface area contributed by atoms with Crippen molar-refractivity contribution >= 4 is 13.5 Å². The zero-order valence-corrected chi connectivity index (χ0v) is 26.5. The molecule has 1 heterocycles. The summed E-state index contributed by atoms with van der Waals surface area (Å²) in [6, 6.07) is 12.9. The van der Waals surface area contributed by atoms with Crippen LogP contribution in [0.3, 0.4) is 0 Å². The van der Waals surface area contributed by atoms with Crippen molar-refractivity contribution < 1.29 is 23.9 Å². The molecule has 3 N–H and O–H groups in total. The van der Waals surface area contributed by atoms with Gasteiger partial charge in [0.05, 0.1) is 11.9 Å². The molecule has 0 spiro atoms. The number of unbranched alkanes of at least 4 members (excludes halogenated alkanes) is 11. The number of carbonyl (C=O) groups excluding carboxylic acids is 1. The van der Waals surface area contributed by atoms with Gasteiger partial charge in [-0.15, -0.1) is 0 Å². The largest absolute Gasteiger partial charge is 0.487 e. The Hall–Kier alpha value is -2.47. The quantitative estimate of drug-likeness (QED) is 0.0635. The summed E-state index contributed by atoms with van der Waals surface area (Å²) in [5, 5.41) is 3.02. The van der Waals surface area contributed by atoms with Crippen LogP contribution in [-0.2, 0) is 22.4 Å². The molecule has 1 amide bonds. The van der Waals surface area contributed by atoms with Crippen LogP contribution in [0.15, 0.2) is 60.8 Å². The lowest BCUT2D eigenvalue weighted by molar-refractivity contribution is -0.121. The minimum atomic E-state index is -4.15. The van der Waals surface area contributed by atoms with Gasteiger partial charge in [-0.1, -0.05) is 88.6 Å². The Bertz CT molecular complexity index is 1040. The van der Waals surface area contributed by atoms with E-state index in [2.05, 4.69) is 29.4 Å². The predicted molar refractivity (Wildman–Crippen MR) is 172 cm³/mol. The van der Waals surface area contributed by atoms with E-state index in [1.807, 2.05) is 42.5 Å². The van der Waals surface area contributed by atoms with Gasteiger partial charge in [0.1, 0.15) is 12.4 Å². The first-order chi connectivity index (χ1) is 20.4. The van der Waals surface area contributed by atoms with Crippen molar-refractivity contribution in [1.82, 2.24) is 10.3 Å². The van der Waals surface area contributed by atoms with Gasteiger partial charge in [-0.25, -0.2) is 0 Å². The highest BCUT2D eigenvalue weighted by molar-refractivity contribution is 7.51. The van der Waals surface area contributed by atoms with Crippen LogP contribution in [0.2, 0.25) is 0 Å². The Balaban J connectivity index is 1.63. The molecule has 42 heavy (non-hydrogen) atoms. The third-order valence-electron chi connectivity index (χ3n) is 7.32. The lowest BCUT2D eigenvalue weighted by Gasteiger charge is -2.19. The highest BCUT2D eigenvalue weighted by Gasteiger charge is 2.19. The van der Waals surface area contributed by atoms with Crippen LogP contribution >= 0.6 is 7.60 Å². The van der Waals surface area contributed by atoms with Crippen molar-refractivity contribution in [3.63, 3.8) is 0 Å². The Labute approximate surface area is 253 Å². The number of ether oxygens (including phenoxy) is 1. The van der Waals surface area contributed by atoms with Crippen molar-refractivity contribution in [2.45, 2.75) is 122 Å². The molecule has 0 radical (unpaired) electrons. The molecule has 2 rings (SSSR count). The van der Waals surface area contributed by atoms with E-state index in [1.165, 1.54) is 57.8 Å². The second kappa shape index (κ2) is 22.1. The fourth-order valence-electron chi connectivity index (χ4n) is 4.85. The van der Waals surface area contributed by atoms with Crippen molar-refractivity contribution in [1.29, 1.82) is 0 Å². The smallest absolute Gasteiger partial charge is 0.325 e. The summed E-state index contributed by atoms with van der Waals surface area (Å²) in [6.45, 7) is 2.62. The summed E-state index contributed by atoms with van der Waals surface area (Å²) in [7, 11) is -4.15. The topological polar surface area (TPSA) is 109 Å². The van der Waals surface area contributed by atoms with Crippen LogP contribution in [-0.4, -0.2) is 32.9 Å². The van der Waals surface area contributed by atoms with E-state index in [1.54, 1.807) is 6.20 Å². The molecular formula is C34H53N2O5P. The summed E-state index contributed by atoms with van der Waals surface area (Å²) < 4.78 is 17.3. The van der Waals surface area contributed by atoms with E-state index in [0.29, 0.717) is 25.2 Å². The minimum absolute atomic E-state index is 0.0568. The predicted octanol–water partition coefficient (Wildman–Crippen LogP) is 8.29. The Morgan fingerprint density at radius 2 is 1.55 bits per heavy atom. The van der Waals surface area contributed by atoms with Crippen molar-refractivity contribution in [2.75, 3.05) is 6.16 Å². The number of rotatable bonds is 24. The van der Waals surface area contributed by atoms with E-state index in [9.17, 15) is 19.1 Å². The van der Waals surface area contributed by atoms with Crippen molar-refractivity contribution in [2.24, 2.45) is 0 Å². The molecule has 0 fully saturated rings. The van der Waals surface area contributed by atoms with E-state index in [0.717, 1.165) is 36.9 Å².